The van der Waals surface area contributed by atoms with Crippen LogP contribution in [0, 0.1) is 0 Å². The van der Waals surface area contributed by atoms with Gasteiger partial charge in [0.05, 0.1) is 6.04 Å². The molecule has 0 spiro atoms. The fraction of sp³-hybridized carbons (Fsp3) is 0.300. The number of likely N-dealkylation sites (N-methyl/N-ethyl adjacent to an activating group) is 1. The molecule has 1 aliphatic rings. The minimum absolute atomic E-state index is 0.0303. The Balaban J connectivity index is 1.58. The predicted octanol–water partition coefficient (Wildman–Crippen LogP) is 1.82. The summed E-state index contributed by atoms with van der Waals surface area (Å²) in [4.78, 5) is 26.4. The first kappa shape index (κ1) is 18.7. The lowest BCUT2D eigenvalue weighted by Gasteiger charge is -2.25. The summed E-state index contributed by atoms with van der Waals surface area (Å²) in [5.74, 6) is -0.235. The lowest BCUT2D eigenvalue weighted by Crippen LogP contribution is -2.40. The van der Waals surface area contributed by atoms with E-state index < -0.39 is 11.8 Å². The fourth-order valence-electron chi connectivity index (χ4n) is 2.85. The molecule has 0 radical (unpaired) electrons. The Labute approximate surface area is 158 Å². The number of carbonyl (C=O) groups excluding carboxylic acids is 2. The third-order valence-corrected chi connectivity index (χ3v) is 4.27. The third kappa shape index (κ3) is 4.77. The molecule has 2 amide bonds. The SMILES string of the molecule is CN(C)[C@@H](CNC(=O)C(=O)Nc1ccc2c(c1)OCCO2)c1ccccc1. The molecule has 2 N–H and O–H groups in total. The zero-order chi connectivity index (χ0) is 19.2. The first-order valence-corrected chi connectivity index (χ1v) is 8.75. The highest BCUT2D eigenvalue weighted by atomic mass is 16.6. The van der Waals surface area contributed by atoms with Gasteiger partial charge < -0.3 is 25.0 Å². The van der Waals surface area contributed by atoms with Crippen LogP contribution in [0.5, 0.6) is 11.5 Å². The minimum atomic E-state index is -0.725. The van der Waals surface area contributed by atoms with Gasteiger partial charge in [0.15, 0.2) is 11.5 Å². The van der Waals surface area contributed by atoms with E-state index in [1.165, 1.54) is 0 Å². The molecule has 0 fully saturated rings. The number of rotatable bonds is 5. The minimum Gasteiger partial charge on any atom is -0.486 e. The van der Waals surface area contributed by atoms with Crippen LogP contribution in [0.15, 0.2) is 48.5 Å². The summed E-state index contributed by atoms with van der Waals surface area (Å²) in [5, 5.41) is 5.28. The van der Waals surface area contributed by atoms with E-state index in [0.29, 0.717) is 36.9 Å². The first-order chi connectivity index (χ1) is 13.0. The Hall–Kier alpha value is -3.06. The van der Waals surface area contributed by atoms with E-state index in [-0.39, 0.29) is 6.04 Å². The zero-order valence-electron chi connectivity index (χ0n) is 15.4. The number of nitrogens with one attached hydrogen (secondary N) is 2. The predicted molar refractivity (Wildman–Crippen MR) is 102 cm³/mol. The highest BCUT2D eigenvalue weighted by Gasteiger charge is 2.19. The number of amides is 2. The van der Waals surface area contributed by atoms with Crippen LogP contribution < -0.4 is 20.1 Å². The third-order valence-electron chi connectivity index (χ3n) is 4.27. The number of fused-ring (bicyclic) bond motifs is 1. The fourth-order valence-corrected chi connectivity index (χ4v) is 2.85. The normalized spacial score (nSPS) is 13.7. The number of ether oxygens (including phenoxy) is 2. The summed E-state index contributed by atoms with van der Waals surface area (Å²) in [6.45, 7) is 1.27. The maximum atomic E-state index is 12.2. The first-order valence-electron chi connectivity index (χ1n) is 8.75. The van der Waals surface area contributed by atoms with Crippen molar-refractivity contribution in [1.29, 1.82) is 0 Å². The van der Waals surface area contributed by atoms with E-state index in [9.17, 15) is 9.59 Å². The number of anilines is 1. The van der Waals surface area contributed by atoms with Crippen LogP contribution in [0.25, 0.3) is 0 Å². The molecule has 142 valence electrons. The average Bonchev–Trinajstić information content (AvgIpc) is 2.68. The van der Waals surface area contributed by atoms with Crippen LogP contribution in [-0.2, 0) is 9.59 Å². The molecule has 1 atom stereocenters. The van der Waals surface area contributed by atoms with Crippen molar-refractivity contribution in [3.05, 3.63) is 54.1 Å². The number of hydrogen-bond donors (Lipinski definition) is 2. The highest BCUT2D eigenvalue weighted by Crippen LogP contribution is 2.32. The Morgan fingerprint density at radius 3 is 2.41 bits per heavy atom. The molecule has 0 aliphatic carbocycles. The van der Waals surface area contributed by atoms with Crippen molar-refractivity contribution in [2.24, 2.45) is 0 Å². The maximum Gasteiger partial charge on any atom is 0.313 e. The van der Waals surface area contributed by atoms with Gasteiger partial charge in [-0.2, -0.15) is 0 Å². The molecular weight excluding hydrogens is 346 g/mol. The molecule has 1 heterocycles. The second-order valence-corrected chi connectivity index (χ2v) is 6.41. The van der Waals surface area contributed by atoms with Crippen molar-refractivity contribution in [3.63, 3.8) is 0 Å². The molecule has 1 aliphatic heterocycles. The molecule has 0 aromatic heterocycles. The Morgan fingerprint density at radius 1 is 1.00 bits per heavy atom. The van der Waals surface area contributed by atoms with Crippen molar-refractivity contribution < 1.29 is 19.1 Å². The summed E-state index contributed by atoms with van der Waals surface area (Å²) >= 11 is 0. The monoisotopic (exact) mass is 369 g/mol. The largest absolute Gasteiger partial charge is 0.486 e. The van der Waals surface area contributed by atoms with Gasteiger partial charge in [0.25, 0.3) is 0 Å². The van der Waals surface area contributed by atoms with Crippen molar-refractivity contribution in [1.82, 2.24) is 10.2 Å². The Kier molecular flexibility index (Phi) is 5.93. The Bertz CT molecular complexity index is 808. The molecule has 27 heavy (non-hydrogen) atoms. The van der Waals surface area contributed by atoms with Gasteiger partial charge in [-0.3, -0.25) is 9.59 Å². The van der Waals surface area contributed by atoms with E-state index in [1.54, 1.807) is 18.2 Å². The van der Waals surface area contributed by atoms with Gasteiger partial charge in [-0.1, -0.05) is 30.3 Å². The molecule has 2 aromatic carbocycles. The van der Waals surface area contributed by atoms with E-state index in [2.05, 4.69) is 10.6 Å². The average molecular weight is 369 g/mol. The smallest absolute Gasteiger partial charge is 0.313 e. The van der Waals surface area contributed by atoms with Crippen molar-refractivity contribution >= 4 is 17.5 Å². The number of hydrogen-bond acceptors (Lipinski definition) is 5. The topological polar surface area (TPSA) is 79.9 Å². The second-order valence-electron chi connectivity index (χ2n) is 6.41. The van der Waals surface area contributed by atoms with Gasteiger partial charge >= 0.3 is 11.8 Å². The summed E-state index contributed by atoms with van der Waals surface area (Å²) in [5.41, 5.74) is 1.54. The number of nitrogens with zero attached hydrogens (tertiary/aromatic N) is 1. The number of carbonyl (C=O) groups is 2. The highest BCUT2D eigenvalue weighted by molar-refractivity contribution is 6.39. The summed E-state index contributed by atoms with van der Waals surface area (Å²) < 4.78 is 10.9. The van der Waals surface area contributed by atoms with Crippen LogP contribution in [0.1, 0.15) is 11.6 Å². The standard InChI is InChI=1S/C20H23N3O4/c1-23(2)16(14-6-4-3-5-7-14)13-21-19(24)20(25)22-15-8-9-17-18(12-15)27-11-10-26-17/h3-9,12,16H,10-11,13H2,1-2H3,(H,21,24)(H,22,25)/t16-/m0/s1. The van der Waals surface area contributed by atoms with Crippen molar-refractivity contribution in [2.45, 2.75) is 6.04 Å². The maximum absolute atomic E-state index is 12.2. The molecule has 3 rings (SSSR count). The summed E-state index contributed by atoms with van der Waals surface area (Å²) in [7, 11) is 3.86. The lowest BCUT2D eigenvalue weighted by molar-refractivity contribution is -0.136. The van der Waals surface area contributed by atoms with Gasteiger partial charge in [-0.25, -0.2) is 0 Å². The Morgan fingerprint density at radius 2 is 1.70 bits per heavy atom. The van der Waals surface area contributed by atoms with Gasteiger partial charge in [0, 0.05) is 18.3 Å². The molecule has 7 nitrogen and oxygen atoms in total. The van der Waals surface area contributed by atoms with Gasteiger partial charge in [-0.05, 0) is 31.8 Å². The van der Waals surface area contributed by atoms with Crippen LogP contribution in [0.2, 0.25) is 0 Å². The van der Waals surface area contributed by atoms with Crippen molar-refractivity contribution in [2.75, 3.05) is 39.2 Å². The van der Waals surface area contributed by atoms with E-state index in [1.807, 2.05) is 49.3 Å². The summed E-state index contributed by atoms with van der Waals surface area (Å²) in [6.07, 6.45) is 0. The molecule has 0 unspecified atom stereocenters. The zero-order valence-corrected chi connectivity index (χ0v) is 15.4. The number of benzene rings is 2. The van der Waals surface area contributed by atoms with Gasteiger partial charge in [0.1, 0.15) is 13.2 Å². The van der Waals surface area contributed by atoms with Crippen LogP contribution >= 0.6 is 0 Å². The second kappa shape index (κ2) is 8.55. The van der Waals surface area contributed by atoms with Crippen LogP contribution in [0.4, 0.5) is 5.69 Å². The van der Waals surface area contributed by atoms with Crippen LogP contribution in [-0.4, -0.2) is 50.6 Å². The molecule has 2 aromatic rings. The molecule has 0 bridgehead atoms. The molecule has 0 saturated carbocycles. The molecule has 7 heteroatoms. The summed E-state index contributed by atoms with van der Waals surface area (Å²) in [6, 6.07) is 14.8. The molecular formula is C20H23N3O4. The van der Waals surface area contributed by atoms with Crippen molar-refractivity contribution in [3.8, 4) is 11.5 Å². The van der Waals surface area contributed by atoms with E-state index in [4.69, 9.17) is 9.47 Å². The van der Waals surface area contributed by atoms with E-state index >= 15 is 0 Å². The van der Waals surface area contributed by atoms with Crippen LogP contribution in [0.3, 0.4) is 0 Å². The van der Waals surface area contributed by atoms with Gasteiger partial charge in [0.2, 0.25) is 0 Å². The van der Waals surface area contributed by atoms with E-state index in [0.717, 1.165) is 5.56 Å². The lowest BCUT2D eigenvalue weighted by atomic mass is 10.1. The molecule has 0 saturated heterocycles. The quantitative estimate of drug-likeness (QED) is 0.786. The van der Waals surface area contributed by atoms with Gasteiger partial charge in [-0.15, -0.1) is 0 Å².